The maximum atomic E-state index is 13.9. The van der Waals surface area contributed by atoms with Gasteiger partial charge >= 0.3 is 0 Å². The number of methoxy groups -OCH3 is 2. The standard InChI is InChI=1S/C52H30N10O5/c1-65-41-25-35-44-32(10-8-12-34(44)51(63)62-40-16-6-4-14-38(40)54-48(35)62)46(41)58-56-30-23-19-28(20-24-30)50-60-59-49(67-50)27-17-21-29(22-18-27)55-57-45-31-9-7-11-33-43(31)36(26-42(45)66-2)52(64)61-39-15-5-3-13-37(39)53-47(33)61/h3-26H,1-2H3. The van der Waals surface area contributed by atoms with Crippen LogP contribution in [0.15, 0.2) is 180 Å². The highest BCUT2D eigenvalue weighted by atomic mass is 16.5. The molecule has 0 unspecified atom stereocenters. The van der Waals surface area contributed by atoms with Crippen molar-refractivity contribution in [2.24, 2.45) is 20.5 Å². The molecule has 0 N–H and O–H groups in total. The van der Waals surface area contributed by atoms with Crippen molar-refractivity contribution in [3.63, 3.8) is 0 Å². The van der Waals surface area contributed by atoms with Gasteiger partial charge in [0.2, 0.25) is 11.8 Å². The van der Waals surface area contributed by atoms with Crippen LogP contribution in [0.4, 0.5) is 22.7 Å². The Balaban J connectivity index is 0.768. The summed E-state index contributed by atoms with van der Waals surface area (Å²) in [7, 11) is 3.13. The molecule has 13 aromatic rings. The first-order valence-corrected chi connectivity index (χ1v) is 21.2. The molecule has 0 saturated carbocycles. The van der Waals surface area contributed by atoms with Gasteiger partial charge in [0.25, 0.3) is 11.1 Å². The third-order valence-electron chi connectivity index (χ3n) is 12.3. The predicted octanol–water partition coefficient (Wildman–Crippen LogP) is 12.1. The van der Waals surface area contributed by atoms with Crippen molar-refractivity contribution in [2.75, 3.05) is 14.2 Å². The molecule has 0 spiro atoms. The number of benzene rings is 8. The first kappa shape index (κ1) is 38.0. The third-order valence-corrected chi connectivity index (χ3v) is 12.3. The highest BCUT2D eigenvalue weighted by Crippen LogP contribution is 2.44. The number of rotatable bonds is 8. The number of hydrogen-bond acceptors (Lipinski definition) is 13. The topological polar surface area (TPSA) is 176 Å². The van der Waals surface area contributed by atoms with Gasteiger partial charge in [-0.05, 0) is 91.0 Å². The van der Waals surface area contributed by atoms with Crippen LogP contribution in [0.1, 0.15) is 0 Å². The lowest BCUT2D eigenvalue weighted by Gasteiger charge is -2.12. The van der Waals surface area contributed by atoms with Crippen molar-refractivity contribution >= 4 is 99.2 Å². The van der Waals surface area contributed by atoms with Gasteiger partial charge in [-0.15, -0.1) is 20.4 Å². The second-order valence-electron chi connectivity index (χ2n) is 15.9. The third kappa shape index (κ3) is 5.71. The van der Waals surface area contributed by atoms with Crippen molar-refractivity contribution < 1.29 is 13.9 Å². The Hall–Kier alpha value is -9.50. The second-order valence-corrected chi connectivity index (χ2v) is 15.9. The maximum Gasteiger partial charge on any atom is 0.264 e. The SMILES string of the molecule is COc1cc2c(=O)n3c4ccccc4nc3c3cccc(c1N=Nc1ccc(-c4nnc(-c5ccc(N=Nc6c(OC)cc7c8c6cccc8c(=O)n6c8ccccc8nc76)cc5)o4)cc1)c23. The molecule has 15 heteroatoms. The van der Waals surface area contributed by atoms with E-state index >= 15 is 0 Å². The van der Waals surface area contributed by atoms with E-state index in [1.807, 2.05) is 115 Å². The molecule has 0 aliphatic rings. The Morgan fingerprint density at radius 2 is 0.910 bits per heavy atom. The number of pyridine rings is 2. The van der Waals surface area contributed by atoms with Crippen LogP contribution < -0.4 is 20.6 Å². The summed E-state index contributed by atoms with van der Waals surface area (Å²) in [6.07, 6.45) is 0. The summed E-state index contributed by atoms with van der Waals surface area (Å²) in [4.78, 5) is 37.4. The van der Waals surface area contributed by atoms with Crippen molar-refractivity contribution in [3.8, 4) is 34.4 Å². The Morgan fingerprint density at radius 3 is 1.45 bits per heavy atom. The fourth-order valence-corrected chi connectivity index (χ4v) is 9.19. The average Bonchev–Trinajstić information content (AvgIpc) is 4.13. The molecule has 0 bridgehead atoms. The molecule has 318 valence electrons. The van der Waals surface area contributed by atoms with Gasteiger partial charge in [-0.2, -0.15) is 10.2 Å². The van der Waals surface area contributed by atoms with Crippen molar-refractivity contribution in [1.82, 2.24) is 29.0 Å². The van der Waals surface area contributed by atoms with Gasteiger partial charge in [0.1, 0.15) is 34.2 Å². The van der Waals surface area contributed by atoms with Crippen LogP contribution >= 0.6 is 0 Å². The molecule has 5 aromatic heterocycles. The van der Waals surface area contributed by atoms with Gasteiger partial charge in [0.05, 0.1) is 53.0 Å². The molecule has 0 aliphatic carbocycles. The molecule has 13 rings (SSSR count). The zero-order chi connectivity index (χ0) is 44.9. The monoisotopic (exact) mass is 874 g/mol. The van der Waals surface area contributed by atoms with Gasteiger partial charge in [-0.25, -0.2) is 9.97 Å². The average molecular weight is 875 g/mol. The predicted molar refractivity (Wildman–Crippen MR) is 257 cm³/mol. The summed E-state index contributed by atoms with van der Waals surface area (Å²) in [6, 6.07) is 44.7. The van der Waals surface area contributed by atoms with E-state index in [-0.39, 0.29) is 11.1 Å². The molecule has 15 nitrogen and oxygen atoms in total. The zero-order valence-electron chi connectivity index (χ0n) is 35.4. The molecular weight excluding hydrogens is 845 g/mol. The van der Waals surface area contributed by atoms with E-state index in [9.17, 15) is 9.59 Å². The lowest BCUT2D eigenvalue weighted by Crippen LogP contribution is -2.13. The molecule has 0 aliphatic heterocycles. The van der Waals surface area contributed by atoms with Crippen LogP contribution in [0.25, 0.3) is 99.4 Å². The summed E-state index contributed by atoms with van der Waals surface area (Å²) in [5.41, 5.74) is 7.31. The summed E-state index contributed by atoms with van der Waals surface area (Å²) in [5, 5.41) is 32.6. The van der Waals surface area contributed by atoms with Crippen molar-refractivity contribution in [1.29, 1.82) is 0 Å². The molecule has 0 atom stereocenters. The van der Waals surface area contributed by atoms with Crippen LogP contribution in [0, 0.1) is 0 Å². The number of ether oxygens (including phenoxy) is 2. The Labute approximate surface area is 376 Å². The minimum absolute atomic E-state index is 0.152. The van der Waals surface area contributed by atoms with E-state index in [0.29, 0.717) is 79.2 Å². The van der Waals surface area contributed by atoms with Crippen LogP contribution in [-0.2, 0) is 0 Å². The fourth-order valence-electron chi connectivity index (χ4n) is 9.19. The molecule has 0 fully saturated rings. The molecular formula is C52H30N10O5. The van der Waals surface area contributed by atoms with Crippen LogP contribution in [-0.4, -0.2) is 43.2 Å². The summed E-state index contributed by atoms with van der Waals surface area (Å²) < 4.78 is 21.0. The maximum absolute atomic E-state index is 13.9. The second kappa shape index (κ2) is 14.5. The quantitative estimate of drug-likeness (QED) is 0.134. The van der Waals surface area contributed by atoms with Crippen LogP contribution in [0.2, 0.25) is 0 Å². The largest absolute Gasteiger partial charge is 0.494 e. The first-order valence-electron chi connectivity index (χ1n) is 21.2. The molecule has 5 heterocycles. The van der Waals surface area contributed by atoms with Gasteiger partial charge in [0.15, 0.2) is 0 Å². The molecule has 0 amide bonds. The first-order chi connectivity index (χ1) is 32.9. The van der Waals surface area contributed by atoms with Gasteiger partial charge in [-0.3, -0.25) is 18.4 Å². The Bertz CT molecular complexity index is 4250. The van der Waals surface area contributed by atoms with E-state index in [4.69, 9.17) is 23.9 Å². The highest BCUT2D eigenvalue weighted by molar-refractivity contribution is 6.20. The summed E-state index contributed by atoms with van der Waals surface area (Å²) >= 11 is 0. The van der Waals surface area contributed by atoms with Gasteiger partial charge in [0, 0.05) is 48.8 Å². The summed E-state index contributed by atoms with van der Waals surface area (Å²) in [5.74, 6) is 1.57. The minimum Gasteiger partial charge on any atom is -0.494 e. The fraction of sp³-hybridized carbons (Fsp3) is 0.0385. The summed E-state index contributed by atoms with van der Waals surface area (Å²) in [6.45, 7) is 0. The zero-order valence-corrected chi connectivity index (χ0v) is 35.4. The number of nitrogens with zero attached hydrogens (tertiary/aromatic N) is 10. The minimum atomic E-state index is -0.181. The number of hydrogen-bond donors (Lipinski definition) is 0. The van der Waals surface area contributed by atoms with E-state index in [1.165, 1.54) is 0 Å². The number of para-hydroxylation sites is 4. The molecule has 0 saturated heterocycles. The Morgan fingerprint density at radius 1 is 0.463 bits per heavy atom. The lowest BCUT2D eigenvalue weighted by molar-refractivity contribution is 0.417. The van der Waals surface area contributed by atoms with Crippen molar-refractivity contribution in [2.45, 2.75) is 0 Å². The van der Waals surface area contributed by atoms with E-state index in [0.717, 1.165) is 54.4 Å². The molecule has 0 radical (unpaired) electrons. The lowest BCUT2D eigenvalue weighted by atomic mass is 10.0. The van der Waals surface area contributed by atoms with E-state index in [2.05, 4.69) is 30.7 Å². The smallest absolute Gasteiger partial charge is 0.264 e. The number of imidazole rings is 2. The van der Waals surface area contributed by atoms with E-state index < -0.39 is 0 Å². The number of fused-ring (bicyclic) bond motifs is 8. The van der Waals surface area contributed by atoms with Crippen LogP contribution in [0.5, 0.6) is 11.5 Å². The Kier molecular flexibility index (Phi) is 8.23. The molecule has 8 aromatic carbocycles. The van der Waals surface area contributed by atoms with Gasteiger partial charge in [-0.1, -0.05) is 54.6 Å². The number of azo groups is 2. The highest BCUT2D eigenvalue weighted by Gasteiger charge is 2.22. The number of aromatic nitrogens is 6. The van der Waals surface area contributed by atoms with Crippen molar-refractivity contribution in [3.05, 3.63) is 166 Å². The molecule has 67 heavy (non-hydrogen) atoms. The van der Waals surface area contributed by atoms with Crippen LogP contribution in [0.3, 0.4) is 0 Å². The van der Waals surface area contributed by atoms with Gasteiger partial charge < -0.3 is 13.9 Å². The van der Waals surface area contributed by atoms with E-state index in [1.54, 1.807) is 53.4 Å². The normalized spacial score (nSPS) is 12.3.